The van der Waals surface area contributed by atoms with Crippen molar-refractivity contribution in [3.63, 3.8) is 0 Å². The van der Waals surface area contributed by atoms with Gasteiger partial charge in [-0.05, 0) is 6.92 Å². The van der Waals surface area contributed by atoms with E-state index in [4.69, 9.17) is 0 Å². The Kier molecular flexibility index (Phi) is 2.74. The largest absolute Gasteiger partial charge is 0.286 e. The molecule has 2 heterocycles. The van der Waals surface area contributed by atoms with Crippen LogP contribution in [-0.4, -0.2) is 19.6 Å². The standard InChI is InChI=1S/C6H6N4.C2H6/c1-5-3-10-4-8-9-6(10)2-7-5;1-2/h2-4H,1H3;1-2H3. The Bertz CT molecular complexity index is 353. The number of hydrogen-bond donors (Lipinski definition) is 0. The van der Waals surface area contributed by atoms with Crippen LogP contribution in [0, 0.1) is 6.92 Å². The van der Waals surface area contributed by atoms with Gasteiger partial charge in [0.2, 0.25) is 0 Å². The van der Waals surface area contributed by atoms with E-state index in [0.29, 0.717) is 0 Å². The Hall–Kier alpha value is -1.45. The highest BCUT2D eigenvalue weighted by atomic mass is 15.2. The third-order valence-electron chi connectivity index (χ3n) is 1.31. The molecule has 2 aromatic heterocycles. The summed E-state index contributed by atoms with van der Waals surface area (Å²) in [7, 11) is 0. The van der Waals surface area contributed by atoms with E-state index in [9.17, 15) is 0 Å². The first-order chi connectivity index (χ1) is 5.86. The van der Waals surface area contributed by atoms with Crippen molar-refractivity contribution >= 4 is 5.65 Å². The fourth-order valence-corrected chi connectivity index (χ4v) is 0.838. The van der Waals surface area contributed by atoms with Crippen LogP contribution in [0.25, 0.3) is 5.65 Å². The van der Waals surface area contributed by atoms with Crippen LogP contribution in [0.4, 0.5) is 0 Å². The van der Waals surface area contributed by atoms with Crippen molar-refractivity contribution in [1.82, 2.24) is 19.6 Å². The van der Waals surface area contributed by atoms with Crippen LogP contribution >= 0.6 is 0 Å². The maximum absolute atomic E-state index is 4.06. The summed E-state index contributed by atoms with van der Waals surface area (Å²) in [5, 5.41) is 7.53. The molecule has 2 rings (SSSR count). The highest BCUT2D eigenvalue weighted by Crippen LogP contribution is 1.96. The molecule has 0 spiro atoms. The number of aromatic nitrogens is 4. The highest BCUT2D eigenvalue weighted by molar-refractivity contribution is 5.32. The van der Waals surface area contributed by atoms with Gasteiger partial charge in [-0.1, -0.05) is 13.8 Å². The molecule has 12 heavy (non-hydrogen) atoms. The lowest BCUT2D eigenvalue weighted by Crippen LogP contribution is -1.87. The van der Waals surface area contributed by atoms with Gasteiger partial charge in [-0.15, -0.1) is 10.2 Å². The minimum atomic E-state index is 0.783. The lowest BCUT2D eigenvalue weighted by molar-refractivity contribution is 1.07. The van der Waals surface area contributed by atoms with E-state index < -0.39 is 0 Å². The molecule has 64 valence electrons. The monoisotopic (exact) mass is 164 g/mol. The molecule has 0 saturated carbocycles. The average molecular weight is 164 g/mol. The normalized spacial score (nSPS) is 9.25. The van der Waals surface area contributed by atoms with Crippen LogP contribution in [0.3, 0.4) is 0 Å². The van der Waals surface area contributed by atoms with Gasteiger partial charge in [0.25, 0.3) is 0 Å². The van der Waals surface area contributed by atoms with Gasteiger partial charge in [0, 0.05) is 6.20 Å². The summed E-state index contributed by atoms with van der Waals surface area (Å²) >= 11 is 0. The summed E-state index contributed by atoms with van der Waals surface area (Å²) in [5.41, 5.74) is 1.75. The molecule has 0 aliphatic rings. The molecular formula is C8H12N4. The van der Waals surface area contributed by atoms with Gasteiger partial charge in [0.1, 0.15) is 6.33 Å². The molecule has 0 atom stereocenters. The van der Waals surface area contributed by atoms with Crippen molar-refractivity contribution in [2.45, 2.75) is 20.8 Å². The second-order valence-electron chi connectivity index (χ2n) is 2.13. The zero-order chi connectivity index (χ0) is 8.97. The fraction of sp³-hybridized carbons (Fsp3) is 0.375. The van der Waals surface area contributed by atoms with Crippen molar-refractivity contribution in [2.75, 3.05) is 0 Å². The minimum Gasteiger partial charge on any atom is -0.286 e. The van der Waals surface area contributed by atoms with E-state index in [2.05, 4.69) is 15.2 Å². The molecule has 0 amide bonds. The Morgan fingerprint density at radius 3 is 2.83 bits per heavy atom. The first-order valence-corrected chi connectivity index (χ1v) is 3.98. The van der Waals surface area contributed by atoms with Crippen LogP contribution in [-0.2, 0) is 0 Å². The quantitative estimate of drug-likeness (QED) is 0.592. The molecule has 2 aromatic rings. The number of hydrogen-bond acceptors (Lipinski definition) is 3. The summed E-state index contributed by atoms with van der Waals surface area (Å²) < 4.78 is 1.84. The topological polar surface area (TPSA) is 43.1 Å². The molecular weight excluding hydrogens is 152 g/mol. The maximum atomic E-state index is 4.06. The third kappa shape index (κ3) is 1.58. The average Bonchev–Trinajstić information content (AvgIpc) is 2.54. The molecule has 0 aliphatic heterocycles. The van der Waals surface area contributed by atoms with Gasteiger partial charge in [0.15, 0.2) is 5.65 Å². The van der Waals surface area contributed by atoms with Crippen LogP contribution in [0.15, 0.2) is 18.7 Å². The van der Waals surface area contributed by atoms with Gasteiger partial charge in [0.05, 0.1) is 11.9 Å². The SMILES string of the molecule is CC.Cc1cn2cnnc2cn1. The zero-order valence-electron chi connectivity index (χ0n) is 7.52. The van der Waals surface area contributed by atoms with E-state index in [1.165, 1.54) is 0 Å². The van der Waals surface area contributed by atoms with Gasteiger partial charge in [-0.25, -0.2) is 0 Å². The van der Waals surface area contributed by atoms with Gasteiger partial charge >= 0.3 is 0 Å². The number of aryl methyl sites for hydroxylation is 1. The Morgan fingerprint density at radius 1 is 1.33 bits per heavy atom. The molecule has 0 saturated heterocycles. The molecule has 0 aliphatic carbocycles. The molecule has 0 fully saturated rings. The van der Waals surface area contributed by atoms with Crippen molar-refractivity contribution < 1.29 is 0 Å². The van der Waals surface area contributed by atoms with E-state index in [1.807, 2.05) is 31.4 Å². The second-order valence-corrected chi connectivity index (χ2v) is 2.13. The summed E-state index contributed by atoms with van der Waals surface area (Å²) in [6, 6.07) is 0. The molecule has 0 bridgehead atoms. The van der Waals surface area contributed by atoms with Crippen molar-refractivity contribution in [1.29, 1.82) is 0 Å². The summed E-state index contributed by atoms with van der Waals surface area (Å²) in [5.74, 6) is 0. The summed E-state index contributed by atoms with van der Waals surface area (Å²) in [6.07, 6.45) is 5.24. The van der Waals surface area contributed by atoms with Crippen LogP contribution in [0.1, 0.15) is 19.5 Å². The van der Waals surface area contributed by atoms with Gasteiger partial charge < -0.3 is 0 Å². The van der Waals surface area contributed by atoms with E-state index in [0.717, 1.165) is 11.3 Å². The molecule has 0 unspecified atom stereocenters. The molecule has 4 nitrogen and oxygen atoms in total. The van der Waals surface area contributed by atoms with Crippen LogP contribution in [0.5, 0.6) is 0 Å². The fourth-order valence-electron chi connectivity index (χ4n) is 0.838. The smallest absolute Gasteiger partial charge is 0.179 e. The van der Waals surface area contributed by atoms with Gasteiger partial charge in [-0.2, -0.15) is 0 Å². The maximum Gasteiger partial charge on any atom is 0.179 e. The van der Waals surface area contributed by atoms with E-state index in [1.54, 1.807) is 12.5 Å². The van der Waals surface area contributed by atoms with E-state index in [-0.39, 0.29) is 0 Å². The Balaban J connectivity index is 0.000000336. The van der Waals surface area contributed by atoms with Gasteiger partial charge in [-0.3, -0.25) is 9.38 Å². The minimum absolute atomic E-state index is 0.783. The Labute approximate surface area is 71.3 Å². The van der Waals surface area contributed by atoms with E-state index >= 15 is 0 Å². The number of fused-ring (bicyclic) bond motifs is 1. The first kappa shape index (κ1) is 8.64. The summed E-state index contributed by atoms with van der Waals surface area (Å²) in [6.45, 7) is 5.93. The highest BCUT2D eigenvalue weighted by Gasteiger charge is 1.92. The molecule has 0 aromatic carbocycles. The lowest BCUT2D eigenvalue weighted by atomic mass is 10.5. The zero-order valence-corrected chi connectivity index (χ0v) is 7.52. The predicted molar refractivity (Wildman–Crippen MR) is 46.9 cm³/mol. The second kappa shape index (κ2) is 3.80. The summed E-state index contributed by atoms with van der Waals surface area (Å²) in [4.78, 5) is 4.06. The first-order valence-electron chi connectivity index (χ1n) is 3.98. The number of rotatable bonds is 0. The Morgan fingerprint density at radius 2 is 2.08 bits per heavy atom. The molecule has 0 radical (unpaired) electrons. The van der Waals surface area contributed by atoms with Crippen LogP contribution in [0.2, 0.25) is 0 Å². The lowest BCUT2D eigenvalue weighted by Gasteiger charge is -1.90. The number of nitrogens with zero attached hydrogens (tertiary/aromatic N) is 4. The van der Waals surface area contributed by atoms with Crippen LogP contribution < -0.4 is 0 Å². The van der Waals surface area contributed by atoms with Crippen molar-refractivity contribution in [3.8, 4) is 0 Å². The van der Waals surface area contributed by atoms with Crippen molar-refractivity contribution in [2.24, 2.45) is 0 Å². The predicted octanol–water partition coefficient (Wildman–Crippen LogP) is 1.46. The van der Waals surface area contributed by atoms with Crippen molar-refractivity contribution in [3.05, 3.63) is 24.4 Å². The molecule has 0 N–H and O–H groups in total. The molecule has 4 heteroatoms. The third-order valence-corrected chi connectivity index (χ3v) is 1.31.